The highest BCUT2D eigenvalue weighted by atomic mass is 32.2. The lowest BCUT2D eigenvalue weighted by molar-refractivity contribution is -0.116. The molecule has 1 aliphatic heterocycles. The molecule has 0 radical (unpaired) electrons. The summed E-state index contributed by atoms with van der Waals surface area (Å²) in [5.74, 6) is -0.150. The third-order valence-electron chi connectivity index (χ3n) is 4.26. The van der Waals surface area contributed by atoms with Crippen molar-refractivity contribution in [1.82, 2.24) is 5.32 Å². The summed E-state index contributed by atoms with van der Waals surface area (Å²) >= 11 is 1.31. The summed E-state index contributed by atoms with van der Waals surface area (Å²) < 4.78 is 5.13. The van der Waals surface area contributed by atoms with E-state index in [2.05, 4.69) is 15.5 Å². The Morgan fingerprint density at radius 1 is 1.14 bits per heavy atom. The molecule has 1 aromatic heterocycles. The Morgan fingerprint density at radius 3 is 2.61 bits per heavy atom. The number of amidine groups is 1. The number of aromatic hydroxyl groups is 1. The molecule has 8 heteroatoms. The van der Waals surface area contributed by atoms with Gasteiger partial charge in [0.25, 0.3) is 0 Å². The van der Waals surface area contributed by atoms with Crippen LogP contribution in [0.15, 0.2) is 67.9 Å². The third-order valence-corrected chi connectivity index (χ3v) is 5.12. The fourth-order valence-electron chi connectivity index (χ4n) is 2.87. The van der Waals surface area contributed by atoms with E-state index in [1.165, 1.54) is 11.8 Å². The normalized spacial score (nSPS) is 16.0. The van der Waals surface area contributed by atoms with Crippen molar-refractivity contribution in [2.45, 2.75) is 6.92 Å². The van der Waals surface area contributed by atoms with E-state index >= 15 is 0 Å². The molecular formula is C20H15N3O4S. The van der Waals surface area contributed by atoms with Crippen LogP contribution in [-0.2, 0) is 4.79 Å². The zero-order valence-electron chi connectivity index (χ0n) is 14.8. The van der Waals surface area contributed by atoms with Gasteiger partial charge >= 0.3 is 5.63 Å². The maximum atomic E-state index is 12.0. The van der Waals surface area contributed by atoms with E-state index in [1.807, 2.05) is 25.1 Å². The smallest absolute Gasteiger partial charge is 0.379 e. The molecule has 0 aliphatic carbocycles. The van der Waals surface area contributed by atoms with Crippen molar-refractivity contribution in [3.8, 4) is 16.9 Å². The molecule has 28 heavy (non-hydrogen) atoms. The van der Waals surface area contributed by atoms with Gasteiger partial charge in [-0.05, 0) is 24.1 Å². The zero-order chi connectivity index (χ0) is 19.7. The van der Waals surface area contributed by atoms with Gasteiger partial charge in [-0.2, -0.15) is 5.10 Å². The van der Waals surface area contributed by atoms with Crippen LogP contribution in [0.4, 0.5) is 0 Å². The number of benzene rings is 2. The van der Waals surface area contributed by atoms with Crippen molar-refractivity contribution in [1.29, 1.82) is 0 Å². The van der Waals surface area contributed by atoms with Gasteiger partial charge in [0.05, 0.1) is 11.5 Å². The van der Waals surface area contributed by atoms with Crippen LogP contribution in [0, 0.1) is 0 Å². The standard InChI is InChI=1S/C20H15N3O4S/c1-11(22-23-20-21-16(24)10-28-20)12-6-8-13(9-7-12)17-14-4-2-3-5-15(14)27-19(26)18(17)25/h2-9,25H,10H2,1H3,(H,21,23,24). The molecule has 2 aromatic carbocycles. The topological polar surface area (TPSA) is 104 Å². The molecule has 0 saturated carbocycles. The molecule has 1 saturated heterocycles. The lowest BCUT2D eigenvalue weighted by Gasteiger charge is -2.08. The molecule has 2 N–H and O–H groups in total. The Kier molecular flexibility index (Phi) is 4.70. The Morgan fingerprint density at radius 2 is 1.89 bits per heavy atom. The summed E-state index contributed by atoms with van der Waals surface area (Å²) in [5.41, 5.74) is 2.24. The largest absolute Gasteiger partial charge is 0.501 e. The first kappa shape index (κ1) is 18.0. The fraction of sp³-hybridized carbons (Fsp3) is 0.100. The maximum Gasteiger partial charge on any atom is 0.379 e. The van der Waals surface area contributed by atoms with Crippen LogP contribution in [0.2, 0.25) is 0 Å². The monoisotopic (exact) mass is 393 g/mol. The van der Waals surface area contributed by atoms with Crippen LogP contribution in [0.1, 0.15) is 12.5 Å². The number of fused-ring (bicyclic) bond motifs is 1. The number of para-hydroxylation sites is 1. The van der Waals surface area contributed by atoms with Crippen molar-refractivity contribution >= 4 is 39.5 Å². The van der Waals surface area contributed by atoms with Gasteiger partial charge in [-0.15, -0.1) is 5.10 Å². The minimum Gasteiger partial charge on any atom is -0.501 e. The Bertz CT molecular complexity index is 1200. The highest BCUT2D eigenvalue weighted by Crippen LogP contribution is 2.34. The van der Waals surface area contributed by atoms with Crippen LogP contribution in [0.5, 0.6) is 5.75 Å². The summed E-state index contributed by atoms with van der Waals surface area (Å²) in [4.78, 5) is 23.1. The lowest BCUT2D eigenvalue weighted by atomic mass is 9.99. The van der Waals surface area contributed by atoms with Gasteiger partial charge in [-0.1, -0.05) is 54.2 Å². The van der Waals surface area contributed by atoms with E-state index in [0.29, 0.717) is 38.7 Å². The first-order valence-corrected chi connectivity index (χ1v) is 9.42. The number of carbonyl (C=O) groups is 1. The van der Waals surface area contributed by atoms with Gasteiger partial charge in [0, 0.05) is 10.9 Å². The van der Waals surface area contributed by atoms with Gasteiger partial charge < -0.3 is 14.8 Å². The Hall–Kier alpha value is -3.39. The molecule has 0 spiro atoms. The predicted molar refractivity (Wildman–Crippen MR) is 110 cm³/mol. The van der Waals surface area contributed by atoms with Crippen molar-refractivity contribution in [2.24, 2.45) is 10.2 Å². The third kappa shape index (κ3) is 3.41. The number of nitrogens with one attached hydrogen (secondary N) is 1. The van der Waals surface area contributed by atoms with Crippen molar-refractivity contribution in [3.05, 3.63) is 64.5 Å². The molecule has 1 amide bonds. The van der Waals surface area contributed by atoms with Gasteiger partial charge in [0.15, 0.2) is 5.17 Å². The summed E-state index contributed by atoms with van der Waals surface area (Å²) in [7, 11) is 0. The van der Waals surface area contributed by atoms with E-state index in [1.54, 1.807) is 30.3 Å². The molecule has 7 nitrogen and oxygen atoms in total. The van der Waals surface area contributed by atoms with E-state index in [-0.39, 0.29) is 5.91 Å². The molecule has 140 valence electrons. The average Bonchev–Trinajstić information content (AvgIpc) is 3.12. The number of carbonyl (C=O) groups excluding carboxylic acids is 1. The predicted octanol–water partition coefficient (Wildman–Crippen LogP) is 3.11. The van der Waals surface area contributed by atoms with E-state index < -0.39 is 11.4 Å². The molecular weight excluding hydrogens is 378 g/mol. The number of hydrogen-bond acceptors (Lipinski definition) is 7. The number of thioether (sulfide) groups is 1. The number of hydrogen-bond donors (Lipinski definition) is 2. The SMILES string of the molecule is CC(=NN=C1NC(=O)CS1)c1ccc(-c2c(O)c(=O)oc3ccccc23)cc1. The average molecular weight is 393 g/mol. The molecule has 0 atom stereocenters. The summed E-state index contributed by atoms with van der Waals surface area (Å²) in [6, 6.07) is 14.3. The lowest BCUT2D eigenvalue weighted by Crippen LogP contribution is -2.19. The van der Waals surface area contributed by atoms with E-state index in [0.717, 1.165) is 5.56 Å². The highest BCUT2D eigenvalue weighted by Gasteiger charge is 2.17. The maximum absolute atomic E-state index is 12.0. The van der Waals surface area contributed by atoms with Crippen molar-refractivity contribution in [2.75, 3.05) is 5.75 Å². The molecule has 1 fully saturated rings. The summed E-state index contributed by atoms with van der Waals surface area (Å²) in [5, 5.41) is 22.2. The van der Waals surface area contributed by atoms with Gasteiger partial charge in [-0.25, -0.2) is 4.79 Å². The second kappa shape index (κ2) is 7.32. The molecule has 4 rings (SSSR count). The molecule has 1 aliphatic rings. The first-order chi connectivity index (χ1) is 13.5. The summed E-state index contributed by atoms with van der Waals surface area (Å²) in [6.45, 7) is 1.81. The Balaban J connectivity index is 1.69. The van der Waals surface area contributed by atoms with E-state index in [4.69, 9.17) is 4.42 Å². The van der Waals surface area contributed by atoms with Crippen molar-refractivity contribution in [3.63, 3.8) is 0 Å². The number of amides is 1. The van der Waals surface area contributed by atoms with Gasteiger partial charge in [0.2, 0.25) is 11.7 Å². The second-order valence-electron chi connectivity index (χ2n) is 6.11. The molecule has 2 heterocycles. The van der Waals surface area contributed by atoms with Crippen LogP contribution in [-0.4, -0.2) is 27.6 Å². The molecule has 0 unspecified atom stereocenters. The number of rotatable bonds is 3. The zero-order valence-corrected chi connectivity index (χ0v) is 15.6. The van der Waals surface area contributed by atoms with Crippen LogP contribution in [0.25, 0.3) is 22.1 Å². The second-order valence-corrected chi connectivity index (χ2v) is 7.08. The number of nitrogens with zero attached hydrogens (tertiary/aromatic N) is 2. The van der Waals surface area contributed by atoms with Crippen LogP contribution in [0.3, 0.4) is 0 Å². The fourth-order valence-corrected chi connectivity index (χ4v) is 3.49. The molecule has 0 bridgehead atoms. The first-order valence-electron chi connectivity index (χ1n) is 8.43. The van der Waals surface area contributed by atoms with E-state index in [9.17, 15) is 14.7 Å². The Labute approximate surface area is 163 Å². The van der Waals surface area contributed by atoms with Crippen LogP contribution < -0.4 is 10.9 Å². The van der Waals surface area contributed by atoms with Crippen LogP contribution >= 0.6 is 11.8 Å². The minimum atomic E-state index is -0.776. The molecule has 3 aromatic rings. The highest BCUT2D eigenvalue weighted by molar-refractivity contribution is 8.15. The minimum absolute atomic E-state index is 0.0830. The van der Waals surface area contributed by atoms with Gasteiger partial charge in [0.1, 0.15) is 5.58 Å². The quantitative estimate of drug-likeness (QED) is 0.404. The van der Waals surface area contributed by atoms with Gasteiger partial charge in [-0.3, -0.25) is 4.79 Å². The summed E-state index contributed by atoms with van der Waals surface area (Å²) in [6.07, 6.45) is 0. The van der Waals surface area contributed by atoms with Crippen molar-refractivity contribution < 1.29 is 14.3 Å².